The zero-order valence-corrected chi connectivity index (χ0v) is 14.0. The fraction of sp³-hybridized carbons (Fsp3) is 0. The molecule has 0 saturated carbocycles. The second-order valence-electron chi connectivity index (χ2n) is 5.85. The van der Waals surface area contributed by atoms with Gasteiger partial charge in [-0.1, -0.05) is 24.3 Å². The van der Waals surface area contributed by atoms with Crippen molar-refractivity contribution in [2.75, 3.05) is 10.6 Å². The zero-order chi connectivity index (χ0) is 18.8. The van der Waals surface area contributed by atoms with Crippen LogP contribution in [0.15, 0.2) is 73.1 Å². The molecule has 5 nitrogen and oxygen atoms in total. The number of rotatable bonds is 3. The first-order chi connectivity index (χ1) is 13.1. The zero-order valence-electron chi connectivity index (χ0n) is 14.0. The number of urea groups is 1. The Bertz CT molecular complexity index is 1110. The number of imidazole rings is 1. The molecule has 0 saturated heterocycles. The number of hydrogen-bond acceptors (Lipinski definition) is 2. The van der Waals surface area contributed by atoms with Gasteiger partial charge < -0.3 is 15.0 Å². The fourth-order valence-corrected chi connectivity index (χ4v) is 2.74. The Kier molecular flexibility index (Phi) is 4.25. The summed E-state index contributed by atoms with van der Waals surface area (Å²) in [5, 5.41) is 5.20. The highest BCUT2D eigenvalue weighted by atomic mass is 19.2. The monoisotopic (exact) mass is 364 g/mol. The molecule has 0 radical (unpaired) electrons. The van der Waals surface area contributed by atoms with Gasteiger partial charge in [-0.25, -0.2) is 18.6 Å². The average molecular weight is 364 g/mol. The lowest BCUT2D eigenvalue weighted by Gasteiger charge is -2.11. The van der Waals surface area contributed by atoms with Crippen molar-refractivity contribution in [3.05, 3.63) is 84.7 Å². The summed E-state index contributed by atoms with van der Waals surface area (Å²) in [5.74, 6) is -2.00. The molecule has 2 heterocycles. The molecule has 0 aliphatic carbocycles. The molecule has 2 aromatic carbocycles. The smallest absolute Gasteiger partial charge is 0.308 e. The number of amides is 2. The number of benzene rings is 2. The van der Waals surface area contributed by atoms with Crippen LogP contribution in [0.4, 0.5) is 25.0 Å². The number of halogens is 2. The minimum absolute atomic E-state index is 0.150. The molecular weight excluding hydrogens is 350 g/mol. The van der Waals surface area contributed by atoms with E-state index in [-0.39, 0.29) is 5.69 Å². The van der Waals surface area contributed by atoms with Crippen LogP contribution in [0, 0.1) is 11.6 Å². The highest BCUT2D eigenvalue weighted by Crippen LogP contribution is 2.27. The first kappa shape index (κ1) is 16.7. The van der Waals surface area contributed by atoms with E-state index in [1.165, 1.54) is 6.07 Å². The summed E-state index contributed by atoms with van der Waals surface area (Å²) in [6, 6.07) is 15.5. The minimum atomic E-state index is -1.03. The Morgan fingerprint density at radius 2 is 1.74 bits per heavy atom. The van der Waals surface area contributed by atoms with Crippen LogP contribution in [0.5, 0.6) is 0 Å². The predicted molar refractivity (Wildman–Crippen MR) is 99.6 cm³/mol. The summed E-state index contributed by atoms with van der Waals surface area (Å²) >= 11 is 0. The Hall–Kier alpha value is -3.74. The number of nitrogens with one attached hydrogen (secondary N) is 2. The predicted octanol–water partition coefficient (Wildman–Crippen LogP) is 4.92. The van der Waals surface area contributed by atoms with E-state index in [1.807, 2.05) is 47.1 Å². The summed E-state index contributed by atoms with van der Waals surface area (Å²) in [5.41, 5.74) is 2.91. The molecule has 0 unspecified atom stereocenters. The van der Waals surface area contributed by atoms with Crippen molar-refractivity contribution in [1.29, 1.82) is 0 Å². The van der Waals surface area contributed by atoms with Crippen molar-refractivity contribution in [3.8, 4) is 11.3 Å². The number of fused-ring (bicyclic) bond motifs is 1. The number of carbonyl (C=O) groups excluding carboxylic acids is 1. The van der Waals surface area contributed by atoms with E-state index in [9.17, 15) is 13.6 Å². The van der Waals surface area contributed by atoms with Crippen LogP contribution in [-0.4, -0.2) is 15.4 Å². The summed E-state index contributed by atoms with van der Waals surface area (Å²) < 4.78 is 28.2. The van der Waals surface area contributed by atoms with E-state index in [1.54, 1.807) is 12.1 Å². The molecule has 27 heavy (non-hydrogen) atoms. The largest absolute Gasteiger partial charge is 0.323 e. The number of anilines is 2. The molecule has 0 aliphatic heterocycles. The summed E-state index contributed by atoms with van der Waals surface area (Å²) in [4.78, 5) is 16.8. The van der Waals surface area contributed by atoms with Gasteiger partial charge in [0.05, 0.1) is 11.4 Å². The van der Waals surface area contributed by atoms with E-state index >= 15 is 0 Å². The van der Waals surface area contributed by atoms with Gasteiger partial charge in [-0.2, -0.15) is 0 Å². The van der Waals surface area contributed by atoms with Gasteiger partial charge >= 0.3 is 6.03 Å². The summed E-state index contributed by atoms with van der Waals surface area (Å²) in [6.45, 7) is 0. The van der Waals surface area contributed by atoms with E-state index in [0.717, 1.165) is 23.3 Å². The van der Waals surface area contributed by atoms with Crippen LogP contribution in [0.2, 0.25) is 0 Å². The van der Waals surface area contributed by atoms with Crippen LogP contribution < -0.4 is 10.6 Å². The Labute approximate surface area is 153 Å². The first-order valence-corrected chi connectivity index (χ1v) is 8.16. The fourth-order valence-electron chi connectivity index (χ4n) is 2.74. The van der Waals surface area contributed by atoms with Crippen molar-refractivity contribution in [2.45, 2.75) is 0 Å². The van der Waals surface area contributed by atoms with Gasteiger partial charge in [0.25, 0.3) is 0 Å². The van der Waals surface area contributed by atoms with E-state index in [2.05, 4.69) is 15.6 Å². The molecule has 4 aromatic rings. The highest BCUT2D eigenvalue weighted by Gasteiger charge is 2.12. The van der Waals surface area contributed by atoms with E-state index in [4.69, 9.17) is 0 Å². The lowest BCUT2D eigenvalue weighted by atomic mass is 10.1. The van der Waals surface area contributed by atoms with Gasteiger partial charge in [0.1, 0.15) is 5.65 Å². The van der Waals surface area contributed by atoms with Crippen molar-refractivity contribution in [1.82, 2.24) is 9.38 Å². The maximum Gasteiger partial charge on any atom is 0.323 e. The van der Waals surface area contributed by atoms with Gasteiger partial charge in [-0.3, -0.25) is 0 Å². The van der Waals surface area contributed by atoms with Crippen LogP contribution in [0.1, 0.15) is 0 Å². The molecule has 0 spiro atoms. The highest BCUT2D eigenvalue weighted by molar-refractivity contribution is 6.02. The Morgan fingerprint density at radius 1 is 0.926 bits per heavy atom. The summed E-state index contributed by atoms with van der Waals surface area (Å²) in [6.07, 6.45) is 3.75. The molecule has 2 N–H and O–H groups in total. The van der Waals surface area contributed by atoms with Gasteiger partial charge in [0.15, 0.2) is 11.6 Å². The first-order valence-electron chi connectivity index (χ1n) is 8.16. The Morgan fingerprint density at radius 3 is 2.56 bits per heavy atom. The maximum absolute atomic E-state index is 13.3. The molecule has 2 amide bonds. The van der Waals surface area contributed by atoms with Crippen molar-refractivity contribution in [2.24, 2.45) is 0 Å². The normalized spacial score (nSPS) is 10.7. The van der Waals surface area contributed by atoms with Gasteiger partial charge in [-0.15, -0.1) is 0 Å². The SMILES string of the molecule is O=C(Nc1ccc(F)c(F)c1)Nc1ccccc1-c1cn2ccccc2n1. The Balaban J connectivity index is 1.59. The quantitative estimate of drug-likeness (QED) is 0.542. The molecule has 0 fully saturated rings. The van der Waals surface area contributed by atoms with Crippen molar-refractivity contribution >= 4 is 23.1 Å². The number of nitrogens with zero attached hydrogens (tertiary/aromatic N) is 2. The molecule has 4 rings (SSSR count). The van der Waals surface area contributed by atoms with Gasteiger partial charge in [-0.05, 0) is 30.3 Å². The van der Waals surface area contributed by atoms with Crippen LogP contribution in [0.25, 0.3) is 16.9 Å². The second kappa shape index (κ2) is 6.87. The van der Waals surface area contributed by atoms with Crippen LogP contribution in [0.3, 0.4) is 0 Å². The third kappa shape index (κ3) is 3.48. The van der Waals surface area contributed by atoms with E-state index in [0.29, 0.717) is 11.4 Å². The van der Waals surface area contributed by atoms with Gasteiger partial charge in [0.2, 0.25) is 0 Å². The van der Waals surface area contributed by atoms with Gasteiger partial charge in [0, 0.05) is 29.7 Å². The molecule has 7 heteroatoms. The van der Waals surface area contributed by atoms with E-state index < -0.39 is 17.7 Å². The third-order valence-corrected chi connectivity index (χ3v) is 3.99. The minimum Gasteiger partial charge on any atom is -0.308 e. The topological polar surface area (TPSA) is 58.4 Å². The molecule has 0 aliphatic rings. The number of aromatic nitrogens is 2. The third-order valence-electron chi connectivity index (χ3n) is 3.99. The number of pyridine rings is 1. The van der Waals surface area contributed by atoms with Crippen molar-refractivity contribution < 1.29 is 13.6 Å². The lowest BCUT2D eigenvalue weighted by molar-refractivity contribution is 0.262. The molecule has 0 bridgehead atoms. The summed E-state index contributed by atoms with van der Waals surface area (Å²) in [7, 11) is 0. The molecular formula is C20H14F2N4O. The molecule has 2 aromatic heterocycles. The number of carbonyl (C=O) groups is 1. The maximum atomic E-state index is 13.3. The molecule has 0 atom stereocenters. The second-order valence-corrected chi connectivity index (χ2v) is 5.85. The molecule has 134 valence electrons. The lowest BCUT2D eigenvalue weighted by Crippen LogP contribution is -2.20. The standard InChI is InChI=1S/C20H14F2N4O/c21-15-9-8-13(11-16(15)22)23-20(27)25-17-6-2-1-5-14(17)18-12-26-10-4-3-7-19(26)24-18/h1-12H,(H2,23,25,27). The number of para-hydroxylation sites is 1. The number of hydrogen-bond donors (Lipinski definition) is 2. The van der Waals surface area contributed by atoms with Crippen molar-refractivity contribution in [3.63, 3.8) is 0 Å². The van der Waals surface area contributed by atoms with Crippen LogP contribution in [-0.2, 0) is 0 Å². The average Bonchev–Trinajstić information content (AvgIpc) is 3.09. The van der Waals surface area contributed by atoms with Crippen LogP contribution >= 0.6 is 0 Å².